The Morgan fingerprint density at radius 2 is 2.09 bits per heavy atom. The molecule has 114 valence electrons. The minimum absolute atomic E-state index is 0.177. The molecule has 2 aromatic rings. The first kappa shape index (κ1) is 15.6. The summed E-state index contributed by atoms with van der Waals surface area (Å²) in [6, 6.07) is 7.67. The van der Waals surface area contributed by atoms with E-state index in [-0.39, 0.29) is 24.3 Å². The SMILES string of the molecule is COCc1cc(N=O)ccc1-n1cccc(CC(=O)O)c1=O. The molecule has 0 saturated heterocycles. The number of hydrogen-bond donors (Lipinski definition) is 1. The van der Waals surface area contributed by atoms with Crippen molar-refractivity contribution in [3.63, 3.8) is 0 Å². The highest BCUT2D eigenvalue weighted by Gasteiger charge is 2.12. The lowest BCUT2D eigenvalue weighted by Gasteiger charge is -2.12. The fourth-order valence-corrected chi connectivity index (χ4v) is 2.16. The van der Waals surface area contributed by atoms with Gasteiger partial charge in [-0.25, -0.2) is 0 Å². The fourth-order valence-electron chi connectivity index (χ4n) is 2.16. The van der Waals surface area contributed by atoms with Gasteiger partial charge in [0.15, 0.2) is 0 Å². The zero-order chi connectivity index (χ0) is 16.1. The third kappa shape index (κ3) is 3.26. The first-order chi connectivity index (χ1) is 10.6. The van der Waals surface area contributed by atoms with Crippen LogP contribution in [-0.4, -0.2) is 22.8 Å². The molecule has 0 amide bonds. The summed E-state index contributed by atoms with van der Waals surface area (Å²) < 4.78 is 6.41. The van der Waals surface area contributed by atoms with Crippen molar-refractivity contribution in [1.29, 1.82) is 0 Å². The zero-order valence-electron chi connectivity index (χ0n) is 11.9. The molecule has 1 aromatic carbocycles. The van der Waals surface area contributed by atoms with Crippen LogP contribution in [0.25, 0.3) is 5.69 Å². The summed E-state index contributed by atoms with van der Waals surface area (Å²) in [5.74, 6) is -1.08. The highest BCUT2D eigenvalue weighted by Crippen LogP contribution is 2.21. The second-order valence-electron chi connectivity index (χ2n) is 4.62. The van der Waals surface area contributed by atoms with E-state index < -0.39 is 11.5 Å². The van der Waals surface area contributed by atoms with Crippen LogP contribution in [0.5, 0.6) is 0 Å². The molecule has 22 heavy (non-hydrogen) atoms. The average molecular weight is 302 g/mol. The normalized spacial score (nSPS) is 10.4. The van der Waals surface area contributed by atoms with E-state index in [2.05, 4.69) is 5.18 Å². The molecule has 7 heteroatoms. The van der Waals surface area contributed by atoms with Crippen LogP contribution in [-0.2, 0) is 22.6 Å². The maximum atomic E-state index is 12.4. The topological polar surface area (TPSA) is 98.0 Å². The molecule has 0 spiro atoms. The number of carbonyl (C=O) groups is 1. The average Bonchev–Trinajstić information content (AvgIpc) is 2.49. The first-order valence-electron chi connectivity index (χ1n) is 6.44. The number of hydrogen-bond acceptors (Lipinski definition) is 5. The quantitative estimate of drug-likeness (QED) is 0.823. The van der Waals surface area contributed by atoms with E-state index in [9.17, 15) is 14.5 Å². The monoisotopic (exact) mass is 302 g/mol. The maximum Gasteiger partial charge on any atom is 0.308 e. The van der Waals surface area contributed by atoms with Crippen molar-refractivity contribution in [1.82, 2.24) is 4.57 Å². The molecule has 0 atom stereocenters. The second-order valence-corrected chi connectivity index (χ2v) is 4.62. The number of methoxy groups -OCH3 is 1. The minimum Gasteiger partial charge on any atom is -0.481 e. The molecule has 0 aliphatic carbocycles. The Bertz CT molecular complexity index is 767. The Morgan fingerprint density at radius 1 is 1.32 bits per heavy atom. The van der Waals surface area contributed by atoms with Gasteiger partial charge in [-0.15, -0.1) is 4.91 Å². The highest BCUT2D eigenvalue weighted by molar-refractivity contribution is 5.70. The van der Waals surface area contributed by atoms with Crippen molar-refractivity contribution in [3.8, 4) is 5.69 Å². The van der Waals surface area contributed by atoms with Crippen LogP contribution >= 0.6 is 0 Å². The zero-order valence-corrected chi connectivity index (χ0v) is 11.9. The van der Waals surface area contributed by atoms with Gasteiger partial charge in [-0.05, 0) is 29.4 Å². The van der Waals surface area contributed by atoms with Gasteiger partial charge in [0.2, 0.25) is 0 Å². The Hall–Kier alpha value is -2.80. The summed E-state index contributed by atoms with van der Waals surface area (Å²) in [6.07, 6.45) is 1.18. The van der Waals surface area contributed by atoms with Crippen LogP contribution in [0.4, 0.5) is 5.69 Å². The van der Waals surface area contributed by atoms with Crippen molar-refractivity contribution in [2.45, 2.75) is 13.0 Å². The summed E-state index contributed by atoms with van der Waals surface area (Å²) in [5, 5.41) is 11.7. The predicted octanol–water partition coefficient (Wildman–Crippen LogP) is 2.01. The molecule has 0 aliphatic heterocycles. The Morgan fingerprint density at radius 3 is 2.73 bits per heavy atom. The van der Waals surface area contributed by atoms with E-state index in [4.69, 9.17) is 9.84 Å². The van der Waals surface area contributed by atoms with Crippen LogP contribution in [0, 0.1) is 4.91 Å². The van der Waals surface area contributed by atoms with E-state index in [0.29, 0.717) is 11.3 Å². The van der Waals surface area contributed by atoms with E-state index in [0.717, 1.165) is 0 Å². The summed E-state index contributed by atoms with van der Waals surface area (Å²) in [7, 11) is 1.49. The van der Waals surface area contributed by atoms with Crippen LogP contribution < -0.4 is 5.56 Å². The Balaban J connectivity index is 2.58. The first-order valence-corrected chi connectivity index (χ1v) is 6.44. The lowest BCUT2D eigenvalue weighted by atomic mass is 10.1. The van der Waals surface area contributed by atoms with Gasteiger partial charge >= 0.3 is 5.97 Å². The highest BCUT2D eigenvalue weighted by atomic mass is 16.5. The summed E-state index contributed by atoms with van der Waals surface area (Å²) in [5.41, 5.74) is 1.11. The fraction of sp³-hybridized carbons (Fsp3) is 0.200. The minimum atomic E-state index is -1.08. The van der Waals surface area contributed by atoms with Gasteiger partial charge in [-0.1, -0.05) is 6.07 Å². The molecule has 1 aromatic heterocycles. The number of nitroso groups, excluding NO2 is 1. The molecule has 1 N–H and O–H groups in total. The van der Waals surface area contributed by atoms with Crippen molar-refractivity contribution in [3.05, 3.63) is 62.9 Å². The van der Waals surface area contributed by atoms with E-state index >= 15 is 0 Å². The molecule has 0 unspecified atom stereocenters. The summed E-state index contributed by atoms with van der Waals surface area (Å²) in [6.45, 7) is 0.189. The lowest BCUT2D eigenvalue weighted by Crippen LogP contribution is -2.24. The van der Waals surface area contributed by atoms with E-state index in [1.54, 1.807) is 12.1 Å². The van der Waals surface area contributed by atoms with Crippen molar-refractivity contribution in [2.24, 2.45) is 5.18 Å². The number of carboxylic acid groups (broad SMARTS) is 1. The third-order valence-corrected chi connectivity index (χ3v) is 3.10. The van der Waals surface area contributed by atoms with Crippen molar-refractivity contribution >= 4 is 11.7 Å². The number of aliphatic carboxylic acids is 1. The molecular formula is C15H14N2O5. The Kier molecular flexibility index (Phi) is 4.80. The van der Waals surface area contributed by atoms with Gasteiger partial charge in [0.1, 0.15) is 5.69 Å². The van der Waals surface area contributed by atoms with Crippen LogP contribution in [0.1, 0.15) is 11.1 Å². The largest absolute Gasteiger partial charge is 0.481 e. The van der Waals surface area contributed by atoms with E-state index in [1.165, 1.54) is 36.1 Å². The number of carboxylic acids is 1. The second kappa shape index (κ2) is 6.77. The molecule has 0 fully saturated rings. The molecule has 0 radical (unpaired) electrons. The van der Waals surface area contributed by atoms with Gasteiger partial charge in [0, 0.05) is 24.4 Å². The van der Waals surface area contributed by atoms with Gasteiger partial charge in [-0.3, -0.25) is 14.2 Å². The molecule has 7 nitrogen and oxygen atoms in total. The molecule has 0 bridgehead atoms. The number of aromatic nitrogens is 1. The predicted molar refractivity (Wildman–Crippen MR) is 79.5 cm³/mol. The standard InChI is InChI=1S/C15H14N2O5/c1-22-9-11-7-12(16-21)4-5-13(11)17-6-2-3-10(15(17)20)8-14(18)19/h2-7H,8-9H2,1H3,(H,18,19). The van der Waals surface area contributed by atoms with Crippen LogP contribution in [0.2, 0.25) is 0 Å². The van der Waals surface area contributed by atoms with Gasteiger partial charge in [0.25, 0.3) is 5.56 Å². The number of rotatable bonds is 6. The molecule has 0 saturated carbocycles. The molecule has 1 heterocycles. The van der Waals surface area contributed by atoms with Crippen LogP contribution in [0.3, 0.4) is 0 Å². The summed E-state index contributed by atoms with van der Waals surface area (Å²) in [4.78, 5) is 33.8. The number of pyridine rings is 1. The van der Waals surface area contributed by atoms with Gasteiger partial charge in [0.05, 0.1) is 18.7 Å². The third-order valence-electron chi connectivity index (χ3n) is 3.10. The van der Waals surface area contributed by atoms with Crippen LogP contribution in [0.15, 0.2) is 46.5 Å². The number of ether oxygens (including phenoxy) is 1. The molecule has 2 rings (SSSR count). The van der Waals surface area contributed by atoms with Gasteiger partial charge < -0.3 is 9.84 Å². The number of nitrogens with zero attached hydrogens (tertiary/aromatic N) is 2. The van der Waals surface area contributed by atoms with Crippen molar-refractivity contribution < 1.29 is 14.6 Å². The molecular weight excluding hydrogens is 288 g/mol. The van der Waals surface area contributed by atoms with Gasteiger partial charge in [-0.2, -0.15) is 0 Å². The molecule has 0 aliphatic rings. The Labute approximate surface area is 125 Å². The number of benzene rings is 1. The van der Waals surface area contributed by atoms with E-state index in [1.807, 2.05) is 0 Å². The lowest BCUT2D eigenvalue weighted by molar-refractivity contribution is -0.136. The summed E-state index contributed by atoms with van der Waals surface area (Å²) >= 11 is 0. The maximum absolute atomic E-state index is 12.4. The smallest absolute Gasteiger partial charge is 0.308 e. The van der Waals surface area contributed by atoms with Crippen molar-refractivity contribution in [2.75, 3.05) is 7.11 Å².